The number of rotatable bonds is 3. The Bertz CT molecular complexity index is 267. The van der Waals surface area contributed by atoms with Crippen LogP contribution in [0.15, 0.2) is 6.07 Å². The third-order valence-electron chi connectivity index (χ3n) is 2.89. The Hall–Kier alpha value is -0.340. The number of hydrogen-bond donors (Lipinski definition) is 1. The van der Waals surface area contributed by atoms with Crippen LogP contribution in [0.3, 0.4) is 0 Å². The van der Waals surface area contributed by atoms with Crippen molar-refractivity contribution in [3.8, 4) is 0 Å². The number of aryl methyl sites for hydroxylation is 2. The summed E-state index contributed by atoms with van der Waals surface area (Å²) in [4.78, 5) is 2.95. The van der Waals surface area contributed by atoms with Crippen LogP contribution in [0.1, 0.15) is 34.6 Å². The summed E-state index contributed by atoms with van der Waals surface area (Å²) in [5, 5.41) is 3.59. The van der Waals surface area contributed by atoms with Gasteiger partial charge in [-0.05, 0) is 38.3 Å². The van der Waals surface area contributed by atoms with E-state index in [4.69, 9.17) is 0 Å². The molecule has 0 saturated heterocycles. The Balaban J connectivity index is 1.86. The molecule has 1 aromatic heterocycles. The zero-order chi connectivity index (χ0) is 9.26. The predicted octanol–water partition coefficient (Wildman–Crippen LogP) is 3.01. The van der Waals surface area contributed by atoms with Gasteiger partial charge in [-0.1, -0.05) is 6.42 Å². The van der Waals surface area contributed by atoms with Crippen LogP contribution < -0.4 is 5.32 Å². The van der Waals surface area contributed by atoms with E-state index in [0.717, 1.165) is 12.6 Å². The van der Waals surface area contributed by atoms with Gasteiger partial charge in [0.1, 0.15) is 0 Å². The fourth-order valence-electron chi connectivity index (χ4n) is 1.59. The molecular formula is C11H17NS. The van der Waals surface area contributed by atoms with Crippen molar-refractivity contribution >= 4 is 11.3 Å². The van der Waals surface area contributed by atoms with Crippen molar-refractivity contribution in [3.63, 3.8) is 0 Å². The first-order chi connectivity index (χ1) is 6.25. The fourth-order valence-corrected chi connectivity index (χ4v) is 2.60. The van der Waals surface area contributed by atoms with Crippen molar-refractivity contribution in [2.75, 3.05) is 0 Å². The van der Waals surface area contributed by atoms with E-state index in [-0.39, 0.29) is 0 Å². The van der Waals surface area contributed by atoms with Crippen molar-refractivity contribution < 1.29 is 0 Å². The van der Waals surface area contributed by atoms with Crippen molar-refractivity contribution in [3.05, 3.63) is 21.4 Å². The van der Waals surface area contributed by atoms with Gasteiger partial charge >= 0.3 is 0 Å². The average Bonchev–Trinajstić information content (AvgIpc) is 2.28. The highest BCUT2D eigenvalue weighted by atomic mass is 32.1. The molecule has 72 valence electrons. The third kappa shape index (κ3) is 2.12. The number of nitrogens with one attached hydrogen (secondary N) is 1. The molecular weight excluding hydrogens is 178 g/mol. The van der Waals surface area contributed by atoms with Crippen molar-refractivity contribution in [1.82, 2.24) is 5.32 Å². The first kappa shape index (κ1) is 9.22. The molecule has 0 radical (unpaired) electrons. The minimum absolute atomic E-state index is 0.808. The predicted molar refractivity (Wildman–Crippen MR) is 58.3 cm³/mol. The molecule has 13 heavy (non-hydrogen) atoms. The molecule has 1 saturated carbocycles. The summed E-state index contributed by atoms with van der Waals surface area (Å²) < 4.78 is 0. The molecule has 0 spiro atoms. The molecule has 1 fully saturated rings. The lowest BCUT2D eigenvalue weighted by Gasteiger charge is -2.26. The van der Waals surface area contributed by atoms with Crippen molar-refractivity contribution in [2.24, 2.45) is 0 Å². The first-order valence-electron chi connectivity index (χ1n) is 5.05. The largest absolute Gasteiger partial charge is 0.309 e. The second kappa shape index (κ2) is 3.81. The lowest BCUT2D eigenvalue weighted by Crippen LogP contribution is -2.34. The van der Waals surface area contributed by atoms with Gasteiger partial charge in [0.05, 0.1) is 0 Å². The van der Waals surface area contributed by atoms with Gasteiger partial charge in [0.15, 0.2) is 0 Å². The van der Waals surface area contributed by atoms with E-state index < -0.39 is 0 Å². The minimum atomic E-state index is 0.808. The van der Waals surface area contributed by atoms with E-state index in [1.165, 1.54) is 34.6 Å². The summed E-state index contributed by atoms with van der Waals surface area (Å²) in [5.41, 5.74) is 1.44. The van der Waals surface area contributed by atoms with Gasteiger partial charge in [-0.15, -0.1) is 11.3 Å². The van der Waals surface area contributed by atoms with Gasteiger partial charge in [0.25, 0.3) is 0 Å². The zero-order valence-electron chi connectivity index (χ0n) is 8.39. The quantitative estimate of drug-likeness (QED) is 0.782. The van der Waals surface area contributed by atoms with E-state index in [1.807, 2.05) is 11.3 Å². The Morgan fingerprint density at radius 2 is 2.23 bits per heavy atom. The first-order valence-corrected chi connectivity index (χ1v) is 5.86. The maximum Gasteiger partial charge on any atom is 0.0302 e. The highest BCUT2D eigenvalue weighted by molar-refractivity contribution is 7.12. The van der Waals surface area contributed by atoms with Gasteiger partial charge < -0.3 is 5.32 Å². The van der Waals surface area contributed by atoms with Crippen LogP contribution >= 0.6 is 11.3 Å². The molecule has 1 aromatic rings. The summed E-state index contributed by atoms with van der Waals surface area (Å²) in [5.74, 6) is 0. The van der Waals surface area contributed by atoms with E-state index in [2.05, 4.69) is 25.2 Å². The van der Waals surface area contributed by atoms with Crippen LogP contribution in [0, 0.1) is 13.8 Å². The third-order valence-corrected chi connectivity index (χ3v) is 4.04. The molecule has 0 aromatic carbocycles. The molecule has 2 heteroatoms. The lowest BCUT2D eigenvalue weighted by atomic mass is 9.93. The normalized spacial score (nSPS) is 17.4. The van der Waals surface area contributed by atoms with E-state index in [1.54, 1.807) is 0 Å². The fraction of sp³-hybridized carbons (Fsp3) is 0.636. The highest BCUT2D eigenvalue weighted by Crippen LogP contribution is 2.22. The standard InChI is InChI=1S/C11H17NS/c1-8-6-11(13-9(8)2)7-12-10-4-3-5-10/h6,10,12H,3-5,7H2,1-2H3. The lowest BCUT2D eigenvalue weighted by molar-refractivity contribution is 0.339. The van der Waals surface area contributed by atoms with Crippen LogP contribution in [0.2, 0.25) is 0 Å². The molecule has 1 N–H and O–H groups in total. The van der Waals surface area contributed by atoms with Gasteiger partial charge in [0.2, 0.25) is 0 Å². The second-order valence-electron chi connectivity index (χ2n) is 3.96. The van der Waals surface area contributed by atoms with Crippen LogP contribution in [0.4, 0.5) is 0 Å². The van der Waals surface area contributed by atoms with Crippen LogP contribution in [0.25, 0.3) is 0 Å². The maximum atomic E-state index is 3.59. The Labute approximate surface area is 84.2 Å². The molecule has 1 heterocycles. The average molecular weight is 195 g/mol. The van der Waals surface area contributed by atoms with E-state index in [9.17, 15) is 0 Å². The van der Waals surface area contributed by atoms with Gasteiger partial charge in [-0.3, -0.25) is 0 Å². The van der Waals surface area contributed by atoms with E-state index >= 15 is 0 Å². The Morgan fingerprint density at radius 3 is 2.69 bits per heavy atom. The number of hydrogen-bond acceptors (Lipinski definition) is 2. The Kier molecular flexibility index (Phi) is 2.70. The maximum absolute atomic E-state index is 3.59. The van der Waals surface area contributed by atoms with Crippen molar-refractivity contribution in [2.45, 2.75) is 45.7 Å². The van der Waals surface area contributed by atoms with E-state index in [0.29, 0.717) is 0 Å². The van der Waals surface area contributed by atoms with Crippen LogP contribution in [0.5, 0.6) is 0 Å². The molecule has 1 nitrogen and oxygen atoms in total. The van der Waals surface area contributed by atoms with Crippen LogP contribution in [-0.2, 0) is 6.54 Å². The second-order valence-corrected chi connectivity index (χ2v) is 5.30. The topological polar surface area (TPSA) is 12.0 Å². The van der Waals surface area contributed by atoms with Crippen LogP contribution in [-0.4, -0.2) is 6.04 Å². The summed E-state index contributed by atoms with van der Waals surface area (Å²) in [6.45, 7) is 5.47. The molecule has 2 rings (SSSR count). The summed E-state index contributed by atoms with van der Waals surface area (Å²) in [7, 11) is 0. The zero-order valence-corrected chi connectivity index (χ0v) is 9.21. The minimum Gasteiger partial charge on any atom is -0.309 e. The highest BCUT2D eigenvalue weighted by Gasteiger charge is 2.16. The van der Waals surface area contributed by atoms with Crippen molar-refractivity contribution in [1.29, 1.82) is 0 Å². The van der Waals surface area contributed by atoms with Gasteiger partial charge in [0, 0.05) is 22.3 Å². The summed E-state index contributed by atoms with van der Waals surface area (Å²) in [6.07, 6.45) is 4.17. The SMILES string of the molecule is Cc1cc(CNC2CCC2)sc1C. The van der Waals surface area contributed by atoms with Gasteiger partial charge in [-0.2, -0.15) is 0 Å². The molecule has 0 bridgehead atoms. The van der Waals surface area contributed by atoms with Gasteiger partial charge in [-0.25, -0.2) is 0 Å². The molecule has 0 amide bonds. The molecule has 0 aliphatic heterocycles. The molecule has 0 atom stereocenters. The smallest absolute Gasteiger partial charge is 0.0302 e. The summed E-state index contributed by atoms with van der Waals surface area (Å²) in [6, 6.07) is 3.12. The molecule has 1 aliphatic rings. The Morgan fingerprint density at radius 1 is 1.46 bits per heavy atom. The monoisotopic (exact) mass is 195 g/mol. The summed E-state index contributed by atoms with van der Waals surface area (Å²) >= 11 is 1.93. The number of thiophene rings is 1. The molecule has 0 unspecified atom stereocenters. The molecule has 1 aliphatic carbocycles.